The van der Waals surface area contributed by atoms with E-state index in [-0.39, 0.29) is 11.4 Å². The lowest BCUT2D eigenvalue weighted by molar-refractivity contribution is 0.194. The summed E-state index contributed by atoms with van der Waals surface area (Å²) in [5, 5.41) is 9.81. The van der Waals surface area contributed by atoms with E-state index in [1.54, 1.807) is 18.2 Å². The van der Waals surface area contributed by atoms with Crippen LogP contribution in [0, 0.1) is 11.6 Å². The molecule has 4 heteroatoms. The average Bonchev–Trinajstić information content (AvgIpc) is 2.80. The first-order valence-corrected chi connectivity index (χ1v) is 6.60. The molecule has 2 aromatic carbocycles. The van der Waals surface area contributed by atoms with E-state index in [1.807, 2.05) is 4.90 Å². The normalized spacial score (nSPS) is 15.3. The standard InChI is InChI=1S/C16H15F2NO/c1-10(20)16-13(18)3-2-4-14(16)19-8-7-11-5-6-12(17)9-15(11)19/h2-6,9-10,20H,7-8H2,1H3/t10-/m0/s1. The summed E-state index contributed by atoms with van der Waals surface area (Å²) in [6.07, 6.45) is -0.130. The van der Waals surface area contributed by atoms with Crippen molar-refractivity contribution in [3.8, 4) is 0 Å². The lowest BCUT2D eigenvalue weighted by Crippen LogP contribution is -2.17. The first-order chi connectivity index (χ1) is 9.58. The Morgan fingerprint density at radius 3 is 2.70 bits per heavy atom. The van der Waals surface area contributed by atoms with E-state index < -0.39 is 11.9 Å². The van der Waals surface area contributed by atoms with Gasteiger partial charge in [0.2, 0.25) is 0 Å². The minimum Gasteiger partial charge on any atom is -0.389 e. The van der Waals surface area contributed by atoms with Gasteiger partial charge in [0.15, 0.2) is 0 Å². The fourth-order valence-corrected chi connectivity index (χ4v) is 2.78. The van der Waals surface area contributed by atoms with Crippen LogP contribution >= 0.6 is 0 Å². The van der Waals surface area contributed by atoms with Gasteiger partial charge in [-0.15, -0.1) is 0 Å². The molecule has 0 aromatic heterocycles. The number of fused-ring (bicyclic) bond motifs is 1. The number of hydrogen-bond acceptors (Lipinski definition) is 2. The number of aliphatic hydroxyl groups excluding tert-OH is 1. The first-order valence-electron chi connectivity index (χ1n) is 6.60. The van der Waals surface area contributed by atoms with Gasteiger partial charge in [0.1, 0.15) is 11.6 Å². The number of hydrogen-bond donors (Lipinski definition) is 1. The molecule has 0 aliphatic carbocycles. The highest BCUT2D eigenvalue weighted by Crippen LogP contribution is 2.39. The fourth-order valence-electron chi connectivity index (χ4n) is 2.78. The van der Waals surface area contributed by atoms with Gasteiger partial charge in [-0.3, -0.25) is 0 Å². The van der Waals surface area contributed by atoms with E-state index in [2.05, 4.69) is 0 Å². The van der Waals surface area contributed by atoms with Gasteiger partial charge in [-0.05, 0) is 43.2 Å². The molecular weight excluding hydrogens is 260 g/mol. The smallest absolute Gasteiger partial charge is 0.131 e. The number of nitrogens with zero attached hydrogens (tertiary/aromatic N) is 1. The molecule has 1 aliphatic heterocycles. The topological polar surface area (TPSA) is 23.5 Å². The minimum absolute atomic E-state index is 0.254. The van der Waals surface area contributed by atoms with E-state index in [9.17, 15) is 13.9 Å². The van der Waals surface area contributed by atoms with Crippen LogP contribution in [0.15, 0.2) is 36.4 Å². The molecule has 3 rings (SSSR count). The summed E-state index contributed by atoms with van der Waals surface area (Å²) in [5.41, 5.74) is 2.64. The van der Waals surface area contributed by atoms with E-state index in [1.165, 1.54) is 25.1 Å². The summed E-state index contributed by atoms with van der Waals surface area (Å²) in [6, 6.07) is 9.33. The monoisotopic (exact) mass is 275 g/mol. The molecule has 0 saturated heterocycles. The van der Waals surface area contributed by atoms with Crippen molar-refractivity contribution in [3.63, 3.8) is 0 Å². The predicted octanol–water partition coefficient (Wildman–Crippen LogP) is 3.71. The van der Waals surface area contributed by atoms with Gasteiger partial charge in [-0.25, -0.2) is 8.78 Å². The van der Waals surface area contributed by atoms with Gasteiger partial charge in [-0.1, -0.05) is 12.1 Å². The number of anilines is 2. The number of benzene rings is 2. The quantitative estimate of drug-likeness (QED) is 0.903. The summed E-state index contributed by atoms with van der Waals surface area (Å²) in [7, 11) is 0. The van der Waals surface area contributed by atoms with E-state index in [0.717, 1.165) is 17.7 Å². The molecule has 2 aromatic rings. The van der Waals surface area contributed by atoms with Crippen molar-refractivity contribution in [1.82, 2.24) is 0 Å². The Balaban J connectivity index is 2.13. The van der Waals surface area contributed by atoms with Crippen LogP contribution in [0.3, 0.4) is 0 Å². The highest BCUT2D eigenvalue weighted by atomic mass is 19.1. The van der Waals surface area contributed by atoms with Crippen LogP contribution in [-0.4, -0.2) is 11.7 Å². The van der Waals surface area contributed by atoms with Crippen LogP contribution in [0.25, 0.3) is 0 Å². The highest BCUT2D eigenvalue weighted by molar-refractivity contribution is 5.72. The summed E-state index contributed by atoms with van der Waals surface area (Å²) >= 11 is 0. The zero-order valence-electron chi connectivity index (χ0n) is 11.1. The van der Waals surface area contributed by atoms with Gasteiger partial charge in [0.05, 0.1) is 6.10 Å². The summed E-state index contributed by atoms with van der Waals surface area (Å²) in [6.45, 7) is 2.19. The molecule has 0 radical (unpaired) electrons. The second kappa shape index (κ2) is 4.87. The van der Waals surface area contributed by atoms with Crippen molar-refractivity contribution in [1.29, 1.82) is 0 Å². The molecule has 0 spiro atoms. The Bertz CT molecular complexity index is 655. The maximum atomic E-state index is 13.9. The van der Waals surface area contributed by atoms with E-state index in [4.69, 9.17) is 0 Å². The molecule has 20 heavy (non-hydrogen) atoms. The third-order valence-corrected chi connectivity index (χ3v) is 3.68. The molecule has 104 valence electrons. The second-order valence-corrected chi connectivity index (χ2v) is 5.02. The average molecular weight is 275 g/mol. The first kappa shape index (κ1) is 13.1. The molecule has 0 unspecified atom stereocenters. The van der Waals surface area contributed by atoms with Gasteiger partial charge >= 0.3 is 0 Å². The van der Waals surface area contributed by atoms with E-state index in [0.29, 0.717) is 12.2 Å². The molecule has 0 saturated carbocycles. The van der Waals surface area contributed by atoms with Crippen LogP contribution in [0.2, 0.25) is 0 Å². The van der Waals surface area contributed by atoms with Crippen molar-refractivity contribution in [3.05, 3.63) is 59.2 Å². The Morgan fingerprint density at radius 1 is 1.15 bits per heavy atom. The van der Waals surface area contributed by atoms with Gasteiger partial charge in [0.25, 0.3) is 0 Å². The van der Waals surface area contributed by atoms with Crippen LogP contribution in [0.1, 0.15) is 24.2 Å². The Kier molecular flexibility index (Phi) is 3.18. The molecule has 1 aliphatic rings. The third kappa shape index (κ3) is 2.06. The molecule has 0 fully saturated rings. The van der Waals surface area contributed by atoms with Crippen molar-refractivity contribution in [2.45, 2.75) is 19.4 Å². The van der Waals surface area contributed by atoms with E-state index >= 15 is 0 Å². The second-order valence-electron chi connectivity index (χ2n) is 5.02. The van der Waals surface area contributed by atoms with Crippen molar-refractivity contribution in [2.75, 3.05) is 11.4 Å². The maximum Gasteiger partial charge on any atom is 0.131 e. The van der Waals surface area contributed by atoms with Gasteiger partial charge in [0, 0.05) is 23.5 Å². The maximum absolute atomic E-state index is 13.9. The fraction of sp³-hybridized carbons (Fsp3) is 0.250. The minimum atomic E-state index is -0.913. The lowest BCUT2D eigenvalue weighted by Gasteiger charge is -2.24. The number of rotatable bonds is 2. The van der Waals surface area contributed by atoms with Crippen LogP contribution in [-0.2, 0) is 6.42 Å². The van der Waals surface area contributed by atoms with Crippen molar-refractivity contribution < 1.29 is 13.9 Å². The Morgan fingerprint density at radius 2 is 1.95 bits per heavy atom. The molecular formula is C16H15F2NO. The predicted molar refractivity (Wildman–Crippen MR) is 74.1 cm³/mol. The molecule has 1 atom stereocenters. The van der Waals surface area contributed by atoms with Crippen molar-refractivity contribution >= 4 is 11.4 Å². The largest absolute Gasteiger partial charge is 0.389 e. The van der Waals surface area contributed by atoms with Crippen LogP contribution < -0.4 is 4.90 Å². The SMILES string of the molecule is C[C@H](O)c1c(F)cccc1N1CCc2ccc(F)cc21. The van der Waals surface area contributed by atoms with Gasteiger partial charge < -0.3 is 10.0 Å². The lowest BCUT2D eigenvalue weighted by atomic mass is 10.1. The number of aliphatic hydroxyl groups is 1. The summed E-state index contributed by atoms with van der Waals surface area (Å²) < 4.78 is 27.4. The van der Waals surface area contributed by atoms with Crippen molar-refractivity contribution in [2.24, 2.45) is 0 Å². The molecule has 0 bridgehead atoms. The third-order valence-electron chi connectivity index (χ3n) is 3.68. The zero-order valence-corrected chi connectivity index (χ0v) is 11.1. The van der Waals surface area contributed by atoms with Crippen LogP contribution in [0.5, 0.6) is 0 Å². The molecule has 2 nitrogen and oxygen atoms in total. The van der Waals surface area contributed by atoms with Gasteiger partial charge in [-0.2, -0.15) is 0 Å². The number of halogens is 2. The summed E-state index contributed by atoms with van der Waals surface area (Å²) in [4.78, 5) is 1.86. The summed E-state index contributed by atoms with van der Waals surface area (Å²) in [5.74, 6) is -0.756. The van der Waals surface area contributed by atoms with Crippen LogP contribution in [0.4, 0.5) is 20.2 Å². The Hall–Kier alpha value is -1.94. The zero-order chi connectivity index (χ0) is 14.3. The highest BCUT2D eigenvalue weighted by Gasteiger charge is 2.25. The molecule has 1 heterocycles. The molecule has 1 N–H and O–H groups in total. The molecule has 0 amide bonds. The Labute approximate surface area is 116 Å².